The number of carbonyl (C=O) groups is 2. The van der Waals surface area contributed by atoms with Crippen LogP contribution in [-0.4, -0.2) is 28.7 Å². The van der Waals surface area contributed by atoms with Crippen LogP contribution in [-0.2, 0) is 9.53 Å². The maximum atomic E-state index is 12.3. The highest BCUT2D eigenvalue weighted by atomic mass is 35.5. The van der Waals surface area contributed by atoms with Crippen molar-refractivity contribution in [3.05, 3.63) is 70.7 Å². The lowest BCUT2D eigenvalue weighted by Crippen LogP contribution is -2.31. The van der Waals surface area contributed by atoms with Crippen molar-refractivity contribution in [2.75, 3.05) is 6.61 Å². The zero-order valence-corrected chi connectivity index (χ0v) is 15.7. The van der Waals surface area contributed by atoms with E-state index in [1.165, 1.54) is 0 Å². The summed E-state index contributed by atoms with van der Waals surface area (Å²) in [5.74, 6) is -1.93. The summed E-state index contributed by atoms with van der Waals surface area (Å²) in [4.78, 5) is 24.4. The standard InChI is InChI=1S/C21H18ClNO5/c1-12(13-6-4-5-9-17(13)22)23-19(25)11-28-21(27)16-10-18(24)14-7-2-3-8-15(14)20(16)26/h2-10,12,24,26H,11H2,1H3,(H,23,25)/t12-/m0/s1. The Bertz CT molecular complexity index is 1050. The number of phenols is 2. The van der Waals surface area contributed by atoms with E-state index in [-0.39, 0.29) is 23.1 Å². The summed E-state index contributed by atoms with van der Waals surface area (Å²) in [6.45, 7) is 1.22. The number of aromatic hydroxyl groups is 2. The summed E-state index contributed by atoms with van der Waals surface area (Å²) in [5.41, 5.74) is 0.518. The Morgan fingerprint density at radius 2 is 1.71 bits per heavy atom. The van der Waals surface area contributed by atoms with Gasteiger partial charge in [-0.15, -0.1) is 0 Å². The smallest absolute Gasteiger partial charge is 0.342 e. The number of amides is 1. The van der Waals surface area contributed by atoms with Crippen LogP contribution >= 0.6 is 11.6 Å². The largest absolute Gasteiger partial charge is 0.507 e. The van der Waals surface area contributed by atoms with Gasteiger partial charge in [-0.05, 0) is 24.6 Å². The summed E-state index contributed by atoms with van der Waals surface area (Å²) in [6.07, 6.45) is 0. The predicted octanol–water partition coefficient (Wildman–Crippen LogP) is 3.94. The van der Waals surface area contributed by atoms with Crippen LogP contribution in [0.25, 0.3) is 10.8 Å². The van der Waals surface area contributed by atoms with E-state index < -0.39 is 18.5 Å². The van der Waals surface area contributed by atoms with Crippen molar-refractivity contribution in [3.8, 4) is 11.5 Å². The summed E-state index contributed by atoms with van der Waals surface area (Å²) in [7, 11) is 0. The monoisotopic (exact) mass is 399 g/mol. The molecule has 3 aromatic rings. The van der Waals surface area contributed by atoms with Gasteiger partial charge in [-0.1, -0.05) is 54.1 Å². The van der Waals surface area contributed by atoms with Crippen LogP contribution in [0.4, 0.5) is 0 Å². The van der Waals surface area contributed by atoms with Crippen LogP contribution < -0.4 is 5.32 Å². The summed E-state index contributed by atoms with van der Waals surface area (Å²) < 4.78 is 4.99. The lowest BCUT2D eigenvalue weighted by molar-refractivity contribution is -0.124. The first-order chi connectivity index (χ1) is 13.4. The van der Waals surface area contributed by atoms with Crippen LogP contribution in [0.1, 0.15) is 28.9 Å². The number of fused-ring (bicyclic) bond motifs is 1. The van der Waals surface area contributed by atoms with Crippen molar-refractivity contribution in [2.45, 2.75) is 13.0 Å². The minimum absolute atomic E-state index is 0.169. The Kier molecular flexibility index (Phi) is 5.70. The Hall–Kier alpha value is -3.25. The normalized spacial score (nSPS) is 11.8. The molecule has 0 spiro atoms. The van der Waals surface area contributed by atoms with Crippen molar-refractivity contribution in [3.63, 3.8) is 0 Å². The molecule has 0 saturated heterocycles. The van der Waals surface area contributed by atoms with Gasteiger partial charge in [0.1, 0.15) is 17.1 Å². The van der Waals surface area contributed by atoms with Gasteiger partial charge in [0.15, 0.2) is 6.61 Å². The molecule has 0 aromatic heterocycles. The number of phenolic OH excluding ortho intramolecular Hbond substituents is 2. The number of ether oxygens (including phenoxy) is 1. The zero-order chi connectivity index (χ0) is 20.3. The Balaban J connectivity index is 1.67. The molecule has 0 heterocycles. The molecule has 0 radical (unpaired) electrons. The van der Waals surface area contributed by atoms with Gasteiger partial charge in [-0.3, -0.25) is 4.79 Å². The highest BCUT2D eigenvalue weighted by Crippen LogP contribution is 2.35. The predicted molar refractivity (Wildman–Crippen MR) is 106 cm³/mol. The molecular formula is C21H18ClNO5. The molecule has 0 aliphatic heterocycles. The first-order valence-electron chi connectivity index (χ1n) is 8.53. The van der Waals surface area contributed by atoms with Crippen molar-refractivity contribution in [2.24, 2.45) is 0 Å². The van der Waals surface area contributed by atoms with Crippen LogP contribution in [0.2, 0.25) is 5.02 Å². The zero-order valence-electron chi connectivity index (χ0n) is 15.0. The van der Waals surface area contributed by atoms with E-state index >= 15 is 0 Å². The third-order valence-electron chi connectivity index (χ3n) is 4.30. The van der Waals surface area contributed by atoms with Gasteiger partial charge >= 0.3 is 5.97 Å². The van der Waals surface area contributed by atoms with E-state index in [1.54, 1.807) is 55.5 Å². The molecule has 0 saturated carbocycles. The van der Waals surface area contributed by atoms with Gasteiger partial charge in [0.25, 0.3) is 5.91 Å². The van der Waals surface area contributed by atoms with Crippen LogP contribution in [0, 0.1) is 0 Å². The average molecular weight is 400 g/mol. The van der Waals surface area contributed by atoms with E-state index in [0.717, 1.165) is 11.6 Å². The van der Waals surface area contributed by atoms with Crippen molar-refractivity contribution < 1.29 is 24.5 Å². The third kappa shape index (κ3) is 4.02. The second-order valence-electron chi connectivity index (χ2n) is 6.22. The Morgan fingerprint density at radius 3 is 2.43 bits per heavy atom. The molecule has 1 atom stereocenters. The van der Waals surface area contributed by atoms with Gasteiger partial charge in [-0.25, -0.2) is 4.79 Å². The van der Waals surface area contributed by atoms with Gasteiger partial charge in [-0.2, -0.15) is 0 Å². The van der Waals surface area contributed by atoms with Crippen molar-refractivity contribution in [1.82, 2.24) is 5.32 Å². The SMILES string of the molecule is C[C@H](NC(=O)COC(=O)c1cc(O)c2ccccc2c1O)c1ccccc1Cl. The van der Waals surface area contributed by atoms with Gasteiger partial charge in [0, 0.05) is 15.8 Å². The molecule has 1 amide bonds. The molecule has 6 nitrogen and oxygen atoms in total. The molecule has 3 rings (SSSR count). The number of esters is 1. The first-order valence-corrected chi connectivity index (χ1v) is 8.91. The van der Waals surface area contributed by atoms with Gasteiger partial charge < -0.3 is 20.3 Å². The number of hydrogen-bond donors (Lipinski definition) is 3. The van der Waals surface area contributed by atoms with E-state index in [9.17, 15) is 19.8 Å². The topological polar surface area (TPSA) is 95.9 Å². The molecule has 0 bridgehead atoms. The second kappa shape index (κ2) is 8.19. The fraction of sp³-hybridized carbons (Fsp3) is 0.143. The highest BCUT2D eigenvalue weighted by Gasteiger charge is 2.20. The molecule has 0 fully saturated rings. The van der Waals surface area contributed by atoms with Crippen LogP contribution in [0.3, 0.4) is 0 Å². The number of nitrogens with one attached hydrogen (secondary N) is 1. The maximum absolute atomic E-state index is 12.3. The molecule has 0 unspecified atom stereocenters. The van der Waals surface area contributed by atoms with Crippen molar-refractivity contribution in [1.29, 1.82) is 0 Å². The van der Waals surface area contributed by atoms with E-state index in [1.807, 2.05) is 0 Å². The lowest BCUT2D eigenvalue weighted by atomic mass is 10.0. The maximum Gasteiger partial charge on any atom is 0.342 e. The molecule has 0 aliphatic carbocycles. The number of rotatable bonds is 5. The quantitative estimate of drug-likeness (QED) is 0.446. The minimum Gasteiger partial charge on any atom is -0.507 e. The number of benzene rings is 3. The average Bonchev–Trinajstić information content (AvgIpc) is 2.69. The molecule has 28 heavy (non-hydrogen) atoms. The fourth-order valence-electron chi connectivity index (χ4n) is 2.89. The second-order valence-corrected chi connectivity index (χ2v) is 6.63. The van der Waals surface area contributed by atoms with E-state index in [2.05, 4.69) is 5.32 Å². The first kappa shape index (κ1) is 19.5. The molecule has 0 aliphatic rings. The molecular weight excluding hydrogens is 382 g/mol. The summed E-state index contributed by atoms with van der Waals surface area (Å²) in [5, 5.41) is 24.3. The summed E-state index contributed by atoms with van der Waals surface area (Å²) >= 11 is 6.10. The number of halogens is 1. The molecule has 3 aromatic carbocycles. The minimum atomic E-state index is -0.918. The van der Waals surface area contributed by atoms with E-state index in [4.69, 9.17) is 16.3 Å². The Labute approximate surface area is 166 Å². The van der Waals surface area contributed by atoms with Crippen molar-refractivity contribution >= 4 is 34.2 Å². The molecule has 144 valence electrons. The lowest BCUT2D eigenvalue weighted by Gasteiger charge is -2.16. The number of carbonyl (C=O) groups excluding carboxylic acids is 2. The van der Waals surface area contributed by atoms with Gasteiger partial charge in [0.05, 0.1) is 6.04 Å². The Morgan fingerprint density at radius 1 is 1.07 bits per heavy atom. The molecule has 7 heteroatoms. The summed E-state index contributed by atoms with van der Waals surface area (Å²) in [6, 6.07) is 14.4. The fourth-order valence-corrected chi connectivity index (χ4v) is 3.19. The molecule has 3 N–H and O–H groups in total. The van der Waals surface area contributed by atoms with E-state index in [0.29, 0.717) is 15.8 Å². The third-order valence-corrected chi connectivity index (χ3v) is 4.64. The van der Waals surface area contributed by atoms with Crippen LogP contribution in [0.5, 0.6) is 11.5 Å². The van der Waals surface area contributed by atoms with Crippen LogP contribution in [0.15, 0.2) is 54.6 Å². The number of hydrogen-bond acceptors (Lipinski definition) is 5. The van der Waals surface area contributed by atoms with Gasteiger partial charge in [0.2, 0.25) is 0 Å². The highest BCUT2D eigenvalue weighted by molar-refractivity contribution is 6.31.